The first kappa shape index (κ1) is 19.9. The van der Waals surface area contributed by atoms with Gasteiger partial charge in [0.05, 0.1) is 20.8 Å². The fraction of sp³-hybridized carbons (Fsp3) is 0.526. The minimum absolute atomic E-state index is 0.0611. The van der Waals surface area contributed by atoms with Gasteiger partial charge < -0.3 is 14.4 Å². The number of hydrogen-bond donors (Lipinski definition) is 0. The monoisotopic (exact) mass is 362 g/mol. The highest BCUT2D eigenvalue weighted by atomic mass is 16.5. The maximum absolute atomic E-state index is 12.4. The molecule has 7 heteroatoms. The Balaban J connectivity index is 1.90. The predicted molar refractivity (Wildman–Crippen MR) is 96.0 cm³/mol. The minimum Gasteiger partial charge on any atom is -0.497 e. The zero-order valence-electron chi connectivity index (χ0n) is 15.6. The van der Waals surface area contributed by atoms with Crippen molar-refractivity contribution in [1.82, 2.24) is 9.80 Å². The van der Waals surface area contributed by atoms with Crippen LogP contribution < -0.4 is 4.74 Å². The highest BCUT2D eigenvalue weighted by Crippen LogP contribution is 2.15. The Labute approximate surface area is 153 Å². The standard InChI is InChI=1S/C19H26N2O5/c1-14(22)20-10-11-21(18(13-20)19(24)26-3)12-16(23)7-4-15-5-8-17(25-2)9-6-15/h5-6,8-9,18H,4,7,10-13H2,1-3H3. The molecule has 1 aliphatic rings. The van der Waals surface area contributed by atoms with Gasteiger partial charge in [0.2, 0.25) is 5.91 Å². The van der Waals surface area contributed by atoms with Gasteiger partial charge in [-0.25, -0.2) is 0 Å². The number of methoxy groups -OCH3 is 2. The van der Waals surface area contributed by atoms with Crippen LogP contribution >= 0.6 is 0 Å². The number of esters is 1. The lowest BCUT2D eigenvalue weighted by molar-refractivity contribution is -0.151. The third kappa shape index (κ3) is 5.29. The second-order valence-electron chi connectivity index (χ2n) is 6.36. The summed E-state index contributed by atoms with van der Waals surface area (Å²) in [4.78, 5) is 39.4. The number of benzene rings is 1. The molecule has 0 aliphatic carbocycles. The van der Waals surface area contributed by atoms with E-state index in [0.29, 0.717) is 25.9 Å². The molecule has 7 nitrogen and oxygen atoms in total. The first-order valence-electron chi connectivity index (χ1n) is 8.66. The largest absolute Gasteiger partial charge is 0.497 e. The van der Waals surface area contributed by atoms with Crippen LogP contribution in [0.15, 0.2) is 24.3 Å². The van der Waals surface area contributed by atoms with Crippen molar-refractivity contribution in [3.05, 3.63) is 29.8 Å². The molecule has 1 heterocycles. The van der Waals surface area contributed by atoms with E-state index in [1.54, 1.807) is 12.0 Å². The molecule has 1 amide bonds. The number of aryl methyl sites for hydroxylation is 1. The van der Waals surface area contributed by atoms with E-state index in [-0.39, 0.29) is 24.8 Å². The van der Waals surface area contributed by atoms with Crippen molar-refractivity contribution < 1.29 is 23.9 Å². The molecule has 1 fully saturated rings. The molecule has 0 spiro atoms. The molecule has 2 rings (SSSR count). The molecular formula is C19H26N2O5. The Morgan fingerprint density at radius 1 is 1.12 bits per heavy atom. The molecule has 1 saturated heterocycles. The van der Waals surface area contributed by atoms with Gasteiger partial charge in [0.1, 0.15) is 17.6 Å². The van der Waals surface area contributed by atoms with Gasteiger partial charge >= 0.3 is 5.97 Å². The number of ether oxygens (including phenoxy) is 2. The van der Waals surface area contributed by atoms with E-state index in [1.165, 1.54) is 14.0 Å². The van der Waals surface area contributed by atoms with Crippen LogP contribution in [0.3, 0.4) is 0 Å². The van der Waals surface area contributed by atoms with E-state index in [1.807, 2.05) is 29.2 Å². The van der Waals surface area contributed by atoms with E-state index in [4.69, 9.17) is 9.47 Å². The summed E-state index contributed by atoms with van der Waals surface area (Å²) in [5, 5.41) is 0. The number of hydrogen-bond acceptors (Lipinski definition) is 6. The van der Waals surface area contributed by atoms with E-state index < -0.39 is 12.0 Å². The van der Waals surface area contributed by atoms with Crippen LogP contribution in [0.1, 0.15) is 18.9 Å². The minimum atomic E-state index is -0.595. The van der Waals surface area contributed by atoms with E-state index in [2.05, 4.69) is 0 Å². The maximum Gasteiger partial charge on any atom is 0.324 e. The number of Topliss-reactive ketones (excluding diaryl/α,β-unsaturated/α-hetero) is 1. The summed E-state index contributed by atoms with van der Waals surface area (Å²) >= 11 is 0. The van der Waals surface area contributed by atoms with Crippen molar-refractivity contribution in [3.8, 4) is 5.75 Å². The van der Waals surface area contributed by atoms with Gasteiger partial charge in [-0.2, -0.15) is 0 Å². The summed E-state index contributed by atoms with van der Waals surface area (Å²) < 4.78 is 9.96. The molecule has 0 saturated carbocycles. The molecule has 26 heavy (non-hydrogen) atoms. The normalized spacial score (nSPS) is 17.7. The Kier molecular flexibility index (Phi) is 7.15. The number of carbonyl (C=O) groups excluding carboxylic acids is 3. The molecule has 1 aromatic carbocycles. The summed E-state index contributed by atoms with van der Waals surface area (Å²) in [5.41, 5.74) is 1.06. The molecule has 1 atom stereocenters. The molecule has 0 aromatic heterocycles. The van der Waals surface area contributed by atoms with Crippen LogP contribution in [-0.4, -0.2) is 73.9 Å². The van der Waals surface area contributed by atoms with Crippen molar-refractivity contribution in [3.63, 3.8) is 0 Å². The molecule has 0 bridgehead atoms. The third-order valence-corrected chi connectivity index (χ3v) is 4.64. The van der Waals surface area contributed by atoms with Crippen LogP contribution in [-0.2, 0) is 25.5 Å². The van der Waals surface area contributed by atoms with Gasteiger partial charge in [-0.15, -0.1) is 0 Å². The van der Waals surface area contributed by atoms with Gasteiger partial charge in [0.25, 0.3) is 0 Å². The predicted octanol–water partition coefficient (Wildman–Crippen LogP) is 0.903. The summed E-state index contributed by atoms with van der Waals surface area (Å²) in [7, 11) is 2.93. The SMILES string of the molecule is COC(=O)C1CN(C(C)=O)CCN1CC(=O)CCc1ccc(OC)cc1. The third-order valence-electron chi connectivity index (χ3n) is 4.64. The smallest absolute Gasteiger partial charge is 0.324 e. The molecule has 0 radical (unpaired) electrons. The fourth-order valence-electron chi connectivity index (χ4n) is 3.04. The zero-order valence-corrected chi connectivity index (χ0v) is 15.6. The maximum atomic E-state index is 12.4. The molecule has 142 valence electrons. The fourth-order valence-corrected chi connectivity index (χ4v) is 3.04. The average Bonchev–Trinajstić information content (AvgIpc) is 2.66. The summed E-state index contributed by atoms with van der Waals surface area (Å²) in [6, 6.07) is 7.02. The number of amides is 1. The Hall–Kier alpha value is -2.41. The number of piperazine rings is 1. The Bertz CT molecular complexity index is 644. The van der Waals surface area contributed by atoms with Crippen molar-refractivity contribution in [2.75, 3.05) is 40.4 Å². The number of nitrogens with zero attached hydrogens (tertiary/aromatic N) is 2. The lowest BCUT2D eigenvalue weighted by atomic mass is 10.1. The number of carbonyl (C=O) groups is 3. The first-order valence-corrected chi connectivity index (χ1v) is 8.66. The van der Waals surface area contributed by atoms with Crippen LogP contribution in [0.25, 0.3) is 0 Å². The quantitative estimate of drug-likeness (QED) is 0.671. The van der Waals surface area contributed by atoms with Gasteiger partial charge in [-0.3, -0.25) is 19.3 Å². The molecule has 1 aliphatic heterocycles. The van der Waals surface area contributed by atoms with Crippen LogP contribution in [0.4, 0.5) is 0 Å². The topological polar surface area (TPSA) is 76.2 Å². The molecule has 1 unspecified atom stereocenters. The number of rotatable bonds is 7. The van der Waals surface area contributed by atoms with Gasteiger partial charge in [0, 0.05) is 33.0 Å². The van der Waals surface area contributed by atoms with Crippen LogP contribution in [0, 0.1) is 0 Å². The number of ketones is 1. The second-order valence-corrected chi connectivity index (χ2v) is 6.36. The van der Waals surface area contributed by atoms with Crippen molar-refractivity contribution in [2.24, 2.45) is 0 Å². The van der Waals surface area contributed by atoms with E-state index in [0.717, 1.165) is 11.3 Å². The summed E-state index contributed by atoms with van der Waals surface area (Å²) in [5.74, 6) is 0.346. The first-order chi connectivity index (χ1) is 12.4. The molecular weight excluding hydrogens is 336 g/mol. The van der Waals surface area contributed by atoms with E-state index >= 15 is 0 Å². The van der Waals surface area contributed by atoms with Crippen molar-refractivity contribution in [2.45, 2.75) is 25.8 Å². The second kappa shape index (κ2) is 9.33. The Morgan fingerprint density at radius 3 is 2.38 bits per heavy atom. The highest BCUT2D eigenvalue weighted by molar-refractivity contribution is 5.83. The van der Waals surface area contributed by atoms with Crippen molar-refractivity contribution >= 4 is 17.7 Å². The molecule has 0 N–H and O–H groups in total. The van der Waals surface area contributed by atoms with Gasteiger partial charge in [0.15, 0.2) is 0 Å². The van der Waals surface area contributed by atoms with Crippen LogP contribution in [0.2, 0.25) is 0 Å². The van der Waals surface area contributed by atoms with Gasteiger partial charge in [-0.05, 0) is 24.1 Å². The zero-order chi connectivity index (χ0) is 19.1. The lowest BCUT2D eigenvalue weighted by Gasteiger charge is -2.39. The average molecular weight is 362 g/mol. The summed E-state index contributed by atoms with van der Waals surface area (Å²) in [6.07, 6.45) is 1.03. The summed E-state index contributed by atoms with van der Waals surface area (Å²) in [6.45, 7) is 2.90. The van der Waals surface area contributed by atoms with Crippen LogP contribution in [0.5, 0.6) is 5.75 Å². The van der Waals surface area contributed by atoms with Gasteiger partial charge in [-0.1, -0.05) is 12.1 Å². The Morgan fingerprint density at radius 2 is 1.81 bits per heavy atom. The molecule has 1 aromatic rings. The highest BCUT2D eigenvalue weighted by Gasteiger charge is 2.34. The van der Waals surface area contributed by atoms with E-state index in [9.17, 15) is 14.4 Å². The van der Waals surface area contributed by atoms with Crippen molar-refractivity contribution in [1.29, 1.82) is 0 Å². The lowest BCUT2D eigenvalue weighted by Crippen LogP contribution is -2.58.